The van der Waals surface area contributed by atoms with Crippen LogP contribution in [0.15, 0.2) is 65.6 Å². The number of nitro groups is 1. The number of nitrogens with zero attached hydrogens (tertiary/aromatic N) is 4. The summed E-state index contributed by atoms with van der Waals surface area (Å²) in [5, 5.41) is 13.8. The maximum Gasteiger partial charge on any atom is 0.345 e. The minimum Gasteiger partial charge on any atom is -0.467 e. The number of anilines is 1. The number of halogens is 3. The van der Waals surface area contributed by atoms with Gasteiger partial charge in [-0.05, 0) is 43.3 Å². The highest BCUT2D eigenvalue weighted by Crippen LogP contribution is 2.33. The van der Waals surface area contributed by atoms with E-state index in [4.69, 9.17) is 44.3 Å². The van der Waals surface area contributed by atoms with Crippen LogP contribution < -0.4 is 19.5 Å². The standard InChI is InChI=1S/C14H9Cl2NO5.C12H12ClN5O4S/c1-21-14(18)10-7-9(3-4-12(10)17(19)20)22-13-5-2-8(15)6-11(13)16;1-7-14-10(17-12(15-7)22-2)16-11(19)18-23(20,21)9-6-4-3-5-8(9)13/h2-7H,1H3;3-6H,1-2H3,(H2,14,15,16,17,18,19). The van der Waals surface area contributed by atoms with Gasteiger partial charge in [-0.25, -0.2) is 22.7 Å². The van der Waals surface area contributed by atoms with Gasteiger partial charge in [0.25, 0.3) is 15.7 Å². The molecular formula is C26H21Cl3N6O9S. The number of hydrogen-bond donors (Lipinski definition) is 2. The first-order chi connectivity index (χ1) is 21.2. The predicted octanol–water partition coefficient (Wildman–Crippen LogP) is 5.83. The molecule has 0 aliphatic carbocycles. The number of nitrogens with one attached hydrogen (secondary N) is 2. The van der Waals surface area contributed by atoms with E-state index in [9.17, 15) is 28.1 Å². The van der Waals surface area contributed by atoms with Crippen LogP contribution in [-0.2, 0) is 14.8 Å². The Kier molecular flexibility index (Phi) is 11.8. The molecule has 0 aliphatic rings. The number of carbonyl (C=O) groups is 2. The minimum atomic E-state index is -4.13. The van der Waals surface area contributed by atoms with Gasteiger partial charge < -0.3 is 14.2 Å². The molecule has 236 valence electrons. The number of ether oxygens (including phenoxy) is 3. The van der Waals surface area contributed by atoms with Crippen LogP contribution in [0, 0.1) is 17.0 Å². The van der Waals surface area contributed by atoms with E-state index in [1.54, 1.807) is 25.1 Å². The molecule has 0 fully saturated rings. The third-order valence-corrected chi connectivity index (χ3v) is 7.54. The monoisotopic (exact) mass is 698 g/mol. The molecule has 0 radical (unpaired) electrons. The number of rotatable bonds is 8. The van der Waals surface area contributed by atoms with Crippen LogP contribution in [0.3, 0.4) is 0 Å². The number of aryl methyl sites for hydroxylation is 1. The van der Waals surface area contributed by atoms with E-state index in [1.165, 1.54) is 43.5 Å². The van der Waals surface area contributed by atoms with Crippen LogP contribution in [0.1, 0.15) is 16.2 Å². The normalized spacial score (nSPS) is 10.5. The number of hydrogen-bond acceptors (Lipinski definition) is 12. The molecular weight excluding hydrogens is 679 g/mol. The Morgan fingerprint density at radius 1 is 0.933 bits per heavy atom. The van der Waals surface area contributed by atoms with Gasteiger partial charge in [0.05, 0.1) is 29.2 Å². The molecule has 0 bridgehead atoms. The number of benzene rings is 3. The molecule has 3 aromatic carbocycles. The zero-order valence-corrected chi connectivity index (χ0v) is 26.4. The second-order valence-electron chi connectivity index (χ2n) is 8.29. The fourth-order valence-corrected chi connectivity index (χ4v) is 5.14. The molecule has 2 N–H and O–H groups in total. The zero-order chi connectivity index (χ0) is 33.3. The molecule has 0 aliphatic heterocycles. The van der Waals surface area contributed by atoms with Gasteiger partial charge in [-0.1, -0.05) is 46.9 Å². The van der Waals surface area contributed by atoms with Gasteiger partial charge in [0.15, 0.2) is 0 Å². The van der Waals surface area contributed by atoms with E-state index in [2.05, 4.69) is 25.0 Å². The number of urea groups is 1. The van der Waals surface area contributed by atoms with E-state index in [-0.39, 0.29) is 43.9 Å². The van der Waals surface area contributed by atoms with Crippen LogP contribution in [-0.4, -0.2) is 54.5 Å². The molecule has 0 saturated carbocycles. The number of nitro benzene ring substituents is 1. The molecule has 1 aromatic heterocycles. The lowest BCUT2D eigenvalue weighted by Gasteiger charge is -2.09. The lowest BCUT2D eigenvalue weighted by Crippen LogP contribution is -2.35. The SMILES string of the molecule is COC(=O)c1cc(Oc2ccc(Cl)cc2Cl)ccc1[N+](=O)[O-].COc1nc(C)nc(NC(=O)NS(=O)(=O)c2ccccc2Cl)n1. The Labute approximate surface area is 270 Å². The first kappa shape index (κ1) is 34.7. The highest BCUT2D eigenvalue weighted by atomic mass is 35.5. The van der Waals surface area contributed by atoms with Crippen molar-refractivity contribution in [3.8, 4) is 17.5 Å². The summed E-state index contributed by atoms with van der Waals surface area (Å²) in [7, 11) is -1.65. The second kappa shape index (κ2) is 15.3. The van der Waals surface area contributed by atoms with Gasteiger partial charge in [0, 0.05) is 17.2 Å². The summed E-state index contributed by atoms with van der Waals surface area (Å²) in [5.41, 5.74) is -0.587. The predicted molar refractivity (Wildman–Crippen MR) is 163 cm³/mol. The third-order valence-electron chi connectivity index (χ3n) is 5.18. The molecule has 0 atom stereocenters. The van der Waals surface area contributed by atoms with Crippen molar-refractivity contribution in [2.45, 2.75) is 11.8 Å². The summed E-state index contributed by atoms with van der Waals surface area (Å²) in [6.07, 6.45) is 0. The Balaban J connectivity index is 0.000000246. The van der Waals surface area contributed by atoms with E-state index in [1.807, 2.05) is 4.72 Å². The van der Waals surface area contributed by atoms with Crippen molar-refractivity contribution in [3.05, 3.63) is 97.2 Å². The summed E-state index contributed by atoms with van der Waals surface area (Å²) in [6, 6.07) is 13.0. The van der Waals surface area contributed by atoms with Crippen LogP contribution in [0.4, 0.5) is 16.4 Å². The second-order valence-corrected chi connectivity index (χ2v) is 11.2. The van der Waals surface area contributed by atoms with Crippen LogP contribution in [0.2, 0.25) is 15.1 Å². The summed E-state index contributed by atoms with van der Waals surface area (Å²) in [6.45, 7) is 1.56. The van der Waals surface area contributed by atoms with Crippen molar-refractivity contribution < 1.29 is 37.1 Å². The highest BCUT2D eigenvalue weighted by Gasteiger charge is 2.23. The molecule has 0 unspecified atom stereocenters. The van der Waals surface area contributed by atoms with Gasteiger partial charge in [0.1, 0.15) is 27.8 Å². The topological polar surface area (TPSA) is 202 Å². The summed E-state index contributed by atoms with van der Waals surface area (Å²) >= 11 is 17.6. The van der Waals surface area contributed by atoms with E-state index in [0.29, 0.717) is 16.6 Å². The quantitative estimate of drug-likeness (QED) is 0.127. The number of amides is 2. The van der Waals surface area contributed by atoms with E-state index < -0.39 is 26.9 Å². The average molecular weight is 700 g/mol. The fourth-order valence-electron chi connectivity index (χ4n) is 3.27. The summed E-state index contributed by atoms with van der Waals surface area (Å²) < 4.78 is 40.9. The van der Waals surface area contributed by atoms with Crippen molar-refractivity contribution in [3.63, 3.8) is 0 Å². The van der Waals surface area contributed by atoms with Gasteiger partial charge >= 0.3 is 18.0 Å². The number of aromatic nitrogens is 3. The van der Waals surface area contributed by atoms with Gasteiger partial charge in [-0.3, -0.25) is 15.4 Å². The first-order valence-electron chi connectivity index (χ1n) is 12.1. The van der Waals surface area contributed by atoms with E-state index in [0.717, 1.165) is 13.2 Å². The molecule has 4 aromatic rings. The smallest absolute Gasteiger partial charge is 0.345 e. The molecule has 45 heavy (non-hydrogen) atoms. The van der Waals surface area contributed by atoms with Crippen molar-refractivity contribution in [1.29, 1.82) is 0 Å². The third kappa shape index (κ3) is 9.61. The van der Waals surface area contributed by atoms with Crippen molar-refractivity contribution in [2.75, 3.05) is 19.5 Å². The number of sulfonamides is 1. The van der Waals surface area contributed by atoms with Gasteiger partial charge in [-0.15, -0.1) is 0 Å². The largest absolute Gasteiger partial charge is 0.467 e. The molecule has 19 heteroatoms. The molecule has 2 amide bonds. The lowest BCUT2D eigenvalue weighted by atomic mass is 10.1. The summed E-state index contributed by atoms with van der Waals surface area (Å²) in [5.74, 6) is -0.187. The Morgan fingerprint density at radius 3 is 2.27 bits per heavy atom. The minimum absolute atomic E-state index is 0.00882. The maximum atomic E-state index is 12.1. The first-order valence-corrected chi connectivity index (χ1v) is 14.7. The van der Waals surface area contributed by atoms with Crippen molar-refractivity contribution >= 4 is 68.5 Å². The van der Waals surface area contributed by atoms with Crippen molar-refractivity contribution in [2.24, 2.45) is 0 Å². The Hall–Kier alpha value is -4.77. The van der Waals surface area contributed by atoms with Crippen LogP contribution in [0.5, 0.6) is 17.5 Å². The molecule has 15 nitrogen and oxygen atoms in total. The Bertz CT molecular complexity index is 1860. The number of esters is 1. The maximum absolute atomic E-state index is 12.1. The molecule has 4 rings (SSSR count). The average Bonchev–Trinajstić information content (AvgIpc) is 2.97. The molecule has 0 spiro atoms. The van der Waals surface area contributed by atoms with Crippen LogP contribution in [0.25, 0.3) is 0 Å². The lowest BCUT2D eigenvalue weighted by molar-refractivity contribution is -0.385. The number of methoxy groups -OCH3 is 2. The fraction of sp³-hybridized carbons (Fsp3) is 0.115. The number of carbonyl (C=O) groups excluding carboxylic acids is 2. The zero-order valence-electron chi connectivity index (χ0n) is 23.3. The Morgan fingerprint density at radius 2 is 1.64 bits per heavy atom. The molecule has 1 heterocycles. The van der Waals surface area contributed by atoms with Crippen molar-refractivity contribution in [1.82, 2.24) is 19.7 Å². The van der Waals surface area contributed by atoms with Crippen LogP contribution >= 0.6 is 34.8 Å². The van der Waals surface area contributed by atoms with Gasteiger partial charge in [-0.2, -0.15) is 15.0 Å². The highest BCUT2D eigenvalue weighted by molar-refractivity contribution is 7.90. The summed E-state index contributed by atoms with van der Waals surface area (Å²) in [4.78, 5) is 45.0. The van der Waals surface area contributed by atoms with E-state index >= 15 is 0 Å². The van der Waals surface area contributed by atoms with Gasteiger partial charge in [0.2, 0.25) is 5.95 Å². The molecule has 0 saturated heterocycles.